The first kappa shape index (κ1) is 10.5. The molecule has 0 radical (unpaired) electrons. The molecule has 0 aliphatic heterocycles. The van der Waals surface area contributed by atoms with Crippen molar-refractivity contribution in [2.24, 2.45) is 0 Å². The van der Waals surface area contributed by atoms with Crippen molar-refractivity contribution in [3.05, 3.63) is 59.9 Å². The van der Waals surface area contributed by atoms with Crippen molar-refractivity contribution in [3.8, 4) is 11.1 Å². The maximum atomic E-state index is 12.8. The predicted molar refractivity (Wildman–Crippen MR) is 68.4 cm³/mol. The Kier molecular flexibility index (Phi) is 2.29. The summed E-state index contributed by atoms with van der Waals surface area (Å²) in [5, 5.41) is 0. The fraction of sp³-hybridized carbons (Fsp3) is 0.250. The standard InChI is InChI=1S/C16H15F/c1-16(10-11-16)14-6-2-12(3-7-14)13-4-8-15(17)9-5-13/h2-9H,10-11H2,1H3. The van der Waals surface area contributed by atoms with Gasteiger partial charge in [-0.25, -0.2) is 4.39 Å². The lowest BCUT2D eigenvalue weighted by molar-refractivity contribution is 0.628. The SMILES string of the molecule is CC1(c2ccc(-c3ccc(F)cc3)cc2)CC1. The molecule has 0 saturated heterocycles. The molecule has 0 unspecified atom stereocenters. The largest absolute Gasteiger partial charge is 0.207 e. The summed E-state index contributed by atoms with van der Waals surface area (Å²) < 4.78 is 12.8. The Hall–Kier alpha value is -1.63. The minimum Gasteiger partial charge on any atom is -0.207 e. The Labute approximate surface area is 101 Å². The molecule has 0 atom stereocenters. The maximum absolute atomic E-state index is 12.8. The summed E-state index contributed by atoms with van der Waals surface area (Å²) in [6.07, 6.45) is 2.59. The second-order valence-electron chi connectivity index (χ2n) is 5.14. The van der Waals surface area contributed by atoms with Gasteiger partial charge in [0.15, 0.2) is 0 Å². The smallest absolute Gasteiger partial charge is 0.123 e. The molecule has 0 spiro atoms. The van der Waals surface area contributed by atoms with Gasteiger partial charge in [-0.2, -0.15) is 0 Å². The fourth-order valence-corrected chi connectivity index (χ4v) is 2.18. The van der Waals surface area contributed by atoms with Gasteiger partial charge in [-0.15, -0.1) is 0 Å². The zero-order chi connectivity index (χ0) is 11.9. The third kappa shape index (κ3) is 1.97. The van der Waals surface area contributed by atoms with Gasteiger partial charge in [-0.3, -0.25) is 0 Å². The molecule has 2 aromatic rings. The second kappa shape index (κ2) is 3.69. The second-order valence-corrected chi connectivity index (χ2v) is 5.14. The average molecular weight is 226 g/mol. The normalized spacial score (nSPS) is 16.8. The van der Waals surface area contributed by atoms with Crippen molar-refractivity contribution in [2.75, 3.05) is 0 Å². The van der Waals surface area contributed by atoms with E-state index in [0.29, 0.717) is 5.41 Å². The van der Waals surface area contributed by atoms with Crippen molar-refractivity contribution in [1.29, 1.82) is 0 Å². The minimum atomic E-state index is -0.184. The van der Waals surface area contributed by atoms with Crippen molar-refractivity contribution in [3.63, 3.8) is 0 Å². The van der Waals surface area contributed by atoms with Crippen LogP contribution in [0.25, 0.3) is 11.1 Å². The number of benzene rings is 2. The molecule has 86 valence electrons. The fourth-order valence-electron chi connectivity index (χ4n) is 2.18. The molecule has 1 aliphatic carbocycles. The van der Waals surface area contributed by atoms with E-state index in [0.717, 1.165) is 11.1 Å². The molecule has 0 aromatic heterocycles. The first-order valence-corrected chi connectivity index (χ1v) is 6.04. The molecule has 2 aromatic carbocycles. The summed E-state index contributed by atoms with van der Waals surface area (Å²) in [7, 11) is 0. The van der Waals surface area contributed by atoms with Crippen LogP contribution in [0.2, 0.25) is 0 Å². The van der Waals surface area contributed by atoms with E-state index in [2.05, 4.69) is 31.2 Å². The first-order chi connectivity index (χ1) is 8.17. The van der Waals surface area contributed by atoms with E-state index in [1.807, 2.05) is 12.1 Å². The predicted octanol–water partition coefficient (Wildman–Crippen LogP) is 4.54. The minimum absolute atomic E-state index is 0.184. The van der Waals surface area contributed by atoms with Gasteiger partial charge in [0.2, 0.25) is 0 Å². The average Bonchev–Trinajstić information content (AvgIpc) is 3.10. The number of halogens is 1. The lowest BCUT2D eigenvalue weighted by atomic mass is 9.95. The van der Waals surface area contributed by atoms with Gasteiger partial charge in [-0.1, -0.05) is 43.3 Å². The Balaban J connectivity index is 1.91. The highest BCUT2D eigenvalue weighted by molar-refractivity contribution is 5.63. The molecule has 0 amide bonds. The third-order valence-corrected chi connectivity index (χ3v) is 3.76. The highest BCUT2D eigenvalue weighted by atomic mass is 19.1. The Morgan fingerprint density at radius 2 is 1.29 bits per heavy atom. The molecule has 1 saturated carbocycles. The van der Waals surface area contributed by atoms with E-state index in [4.69, 9.17) is 0 Å². The summed E-state index contributed by atoms with van der Waals surface area (Å²) in [5.74, 6) is -0.184. The molecule has 0 bridgehead atoms. The lowest BCUT2D eigenvalue weighted by Crippen LogP contribution is -1.98. The summed E-state index contributed by atoms with van der Waals surface area (Å²) in [6.45, 7) is 2.31. The Morgan fingerprint density at radius 3 is 1.76 bits per heavy atom. The molecular formula is C16H15F. The number of hydrogen-bond donors (Lipinski definition) is 0. The van der Waals surface area contributed by atoms with Crippen LogP contribution in [0.15, 0.2) is 48.5 Å². The van der Waals surface area contributed by atoms with Gasteiger partial charge in [-0.05, 0) is 47.1 Å². The van der Waals surface area contributed by atoms with Crippen molar-refractivity contribution in [1.82, 2.24) is 0 Å². The van der Waals surface area contributed by atoms with E-state index in [1.165, 1.54) is 30.5 Å². The molecule has 1 fully saturated rings. The van der Waals surface area contributed by atoms with Crippen molar-refractivity contribution >= 4 is 0 Å². The van der Waals surface area contributed by atoms with Crippen molar-refractivity contribution < 1.29 is 4.39 Å². The highest BCUT2D eigenvalue weighted by Crippen LogP contribution is 2.47. The molecule has 1 heteroatoms. The van der Waals surface area contributed by atoms with Crippen LogP contribution < -0.4 is 0 Å². The van der Waals surface area contributed by atoms with Crippen LogP contribution >= 0.6 is 0 Å². The van der Waals surface area contributed by atoms with Crippen LogP contribution in [0.5, 0.6) is 0 Å². The number of rotatable bonds is 2. The number of hydrogen-bond acceptors (Lipinski definition) is 0. The van der Waals surface area contributed by atoms with E-state index in [1.54, 1.807) is 0 Å². The summed E-state index contributed by atoms with van der Waals surface area (Å²) in [6, 6.07) is 15.3. The quantitative estimate of drug-likeness (QED) is 0.705. The van der Waals surface area contributed by atoms with Crippen LogP contribution in [-0.4, -0.2) is 0 Å². The molecule has 0 nitrogen and oxygen atoms in total. The van der Waals surface area contributed by atoms with Crippen LogP contribution in [0, 0.1) is 5.82 Å². The van der Waals surface area contributed by atoms with E-state index >= 15 is 0 Å². The van der Waals surface area contributed by atoms with Crippen LogP contribution in [0.4, 0.5) is 4.39 Å². The van der Waals surface area contributed by atoms with Crippen LogP contribution in [-0.2, 0) is 5.41 Å². The molecule has 3 rings (SSSR count). The summed E-state index contributed by atoms with van der Waals surface area (Å²) >= 11 is 0. The van der Waals surface area contributed by atoms with Gasteiger partial charge in [0, 0.05) is 0 Å². The first-order valence-electron chi connectivity index (χ1n) is 6.04. The molecule has 0 heterocycles. The van der Waals surface area contributed by atoms with Gasteiger partial charge < -0.3 is 0 Å². The molecule has 1 aliphatic rings. The van der Waals surface area contributed by atoms with E-state index < -0.39 is 0 Å². The summed E-state index contributed by atoms with van der Waals surface area (Å²) in [5.41, 5.74) is 4.06. The topological polar surface area (TPSA) is 0 Å². The zero-order valence-electron chi connectivity index (χ0n) is 9.91. The summed E-state index contributed by atoms with van der Waals surface area (Å²) in [4.78, 5) is 0. The van der Waals surface area contributed by atoms with Gasteiger partial charge in [0.1, 0.15) is 5.82 Å². The van der Waals surface area contributed by atoms with E-state index in [-0.39, 0.29) is 5.82 Å². The van der Waals surface area contributed by atoms with Gasteiger partial charge in [0.25, 0.3) is 0 Å². The maximum Gasteiger partial charge on any atom is 0.123 e. The monoisotopic (exact) mass is 226 g/mol. The zero-order valence-corrected chi connectivity index (χ0v) is 9.91. The third-order valence-electron chi connectivity index (χ3n) is 3.76. The Bertz CT molecular complexity index is 518. The van der Waals surface area contributed by atoms with Crippen LogP contribution in [0.3, 0.4) is 0 Å². The van der Waals surface area contributed by atoms with Crippen molar-refractivity contribution in [2.45, 2.75) is 25.2 Å². The highest BCUT2D eigenvalue weighted by Gasteiger charge is 2.38. The molecular weight excluding hydrogens is 211 g/mol. The lowest BCUT2D eigenvalue weighted by Gasteiger charge is -2.09. The van der Waals surface area contributed by atoms with Gasteiger partial charge in [0.05, 0.1) is 0 Å². The Morgan fingerprint density at radius 1 is 0.824 bits per heavy atom. The van der Waals surface area contributed by atoms with E-state index in [9.17, 15) is 4.39 Å². The molecule has 0 N–H and O–H groups in total. The van der Waals surface area contributed by atoms with Crippen LogP contribution in [0.1, 0.15) is 25.3 Å². The molecule has 17 heavy (non-hydrogen) atoms. The van der Waals surface area contributed by atoms with Gasteiger partial charge >= 0.3 is 0 Å².